The molecule has 23 heavy (non-hydrogen) atoms. The van der Waals surface area contributed by atoms with Crippen molar-refractivity contribution in [3.05, 3.63) is 18.3 Å². The molecule has 1 saturated carbocycles. The summed E-state index contributed by atoms with van der Waals surface area (Å²) in [6, 6.07) is 3.85. The second-order valence-electron chi connectivity index (χ2n) is 6.41. The number of sulfonamides is 1. The zero-order chi connectivity index (χ0) is 16.3. The van der Waals surface area contributed by atoms with Crippen molar-refractivity contribution in [2.24, 2.45) is 5.92 Å². The van der Waals surface area contributed by atoms with Gasteiger partial charge < -0.3 is 10.1 Å². The van der Waals surface area contributed by atoms with Crippen LogP contribution in [0, 0.1) is 5.92 Å². The highest BCUT2D eigenvalue weighted by atomic mass is 32.2. The van der Waals surface area contributed by atoms with Crippen LogP contribution in [0.25, 0.3) is 0 Å². The number of pyridine rings is 1. The van der Waals surface area contributed by atoms with Gasteiger partial charge in [0.05, 0.1) is 13.2 Å². The first-order valence-corrected chi connectivity index (χ1v) is 9.82. The standard InChI is InChI=1S/C16H25N3O3S/c1-13-4-2-3-5-15(13)18-16-7-6-14(12-17-16)23(20,21)19-8-10-22-11-9-19/h6-7,12-13,15H,2-5,8-11H2,1H3,(H,17,18). The van der Waals surface area contributed by atoms with E-state index in [-0.39, 0.29) is 4.90 Å². The minimum absolute atomic E-state index is 0.252. The van der Waals surface area contributed by atoms with Crippen LogP contribution >= 0.6 is 0 Å². The molecule has 0 bridgehead atoms. The molecule has 3 rings (SSSR count). The maximum atomic E-state index is 12.6. The Morgan fingerprint density at radius 3 is 2.61 bits per heavy atom. The highest BCUT2D eigenvalue weighted by Gasteiger charge is 2.27. The van der Waals surface area contributed by atoms with Gasteiger partial charge in [0.15, 0.2) is 0 Å². The zero-order valence-electron chi connectivity index (χ0n) is 13.6. The van der Waals surface area contributed by atoms with E-state index in [0.29, 0.717) is 38.3 Å². The van der Waals surface area contributed by atoms with Gasteiger partial charge in [-0.25, -0.2) is 13.4 Å². The third-order valence-electron chi connectivity index (χ3n) is 4.79. The van der Waals surface area contributed by atoms with Crippen LogP contribution < -0.4 is 5.32 Å². The lowest BCUT2D eigenvalue weighted by Gasteiger charge is -2.30. The molecule has 1 aromatic heterocycles. The fraction of sp³-hybridized carbons (Fsp3) is 0.688. The molecular formula is C16H25N3O3S. The lowest BCUT2D eigenvalue weighted by Crippen LogP contribution is -2.40. The predicted octanol–water partition coefficient (Wildman–Crippen LogP) is 2.09. The van der Waals surface area contributed by atoms with Crippen molar-refractivity contribution in [1.29, 1.82) is 0 Å². The summed E-state index contributed by atoms with van der Waals surface area (Å²) >= 11 is 0. The van der Waals surface area contributed by atoms with Gasteiger partial charge >= 0.3 is 0 Å². The summed E-state index contributed by atoms with van der Waals surface area (Å²) in [7, 11) is -3.46. The largest absolute Gasteiger partial charge is 0.379 e. The maximum absolute atomic E-state index is 12.6. The molecule has 128 valence electrons. The van der Waals surface area contributed by atoms with Crippen molar-refractivity contribution in [3.8, 4) is 0 Å². The van der Waals surface area contributed by atoms with Crippen molar-refractivity contribution in [2.45, 2.75) is 43.5 Å². The molecule has 6 nitrogen and oxygen atoms in total. The van der Waals surface area contributed by atoms with Gasteiger partial charge in [-0.15, -0.1) is 0 Å². The molecule has 1 aliphatic heterocycles. The van der Waals surface area contributed by atoms with Gasteiger partial charge in [-0.05, 0) is 30.9 Å². The smallest absolute Gasteiger partial charge is 0.244 e. The van der Waals surface area contributed by atoms with E-state index in [1.54, 1.807) is 12.1 Å². The van der Waals surface area contributed by atoms with Crippen molar-refractivity contribution in [3.63, 3.8) is 0 Å². The molecular weight excluding hydrogens is 314 g/mol. The molecule has 0 radical (unpaired) electrons. The monoisotopic (exact) mass is 339 g/mol. The number of rotatable bonds is 4. The van der Waals surface area contributed by atoms with Gasteiger partial charge in [0.2, 0.25) is 10.0 Å². The van der Waals surface area contributed by atoms with E-state index >= 15 is 0 Å². The van der Waals surface area contributed by atoms with Crippen molar-refractivity contribution < 1.29 is 13.2 Å². The molecule has 2 atom stereocenters. The Kier molecular flexibility index (Phi) is 5.18. The first-order valence-electron chi connectivity index (χ1n) is 8.38. The molecule has 0 aromatic carbocycles. The first kappa shape index (κ1) is 16.7. The first-order chi connectivity index (χ1) is 11.1. The summed E-state index contributed by atoms with van der Waals surface area (Å²) in [5, 5.41) is 3.45. The van der Waals surface area contributed by atoms with Crippen molar-refractivity contribution in [1.82, 2.24) is 9.29 Å². The Balaban J connectivity index is 1.68. The van der Waals surface area contributed by atoms with Gasteiger partial charge in [0.25, 0.3) is 0 Å². The molecule has 1 aromatic rings. The number of nitrogens with one attached hydrogen (secondary N) is 1. The average molecular weight is 339 g/mol. The molecule has 0 spiro atoms. The summed E-state index contributed by atoms with van der Waals surface area (Å²) < 4.78 is 31.8. The summed E-state index contributed by atoms with van der Waals surface area (Å²) in [5.74, 6) is 1.38. The number of hydrogen-bond acceptors (Lipinski definition) is 5. The maximum Gasteiger partial charge on any atom is 0.244 e. The number of anilines is 1. The van der Waals surface area contributed by atoms with Gasteiger partial charge in [0, 0.05) is 25.3 Å². The van der Waals surface area contributed by atoms with Crippen LogP contribution in [0.4, 0.5) is 5.82 Å². The summed E-state index contributed by atoms with van der Waals surface area (Å²) in [4.78, 5) is 4.57. The summed E-state index contributed by atoms with van der Waals surface area (Å²) in [5.41, 5.74) is 0. The van der Waals surface area contributed by atoms with Crippen LogP contribution in [0.15, 0.2) is 23.2 Å². The third-order valence-corrected chi connectivity index (χ3v) is 6.67. The van der Waals surface area contributed by atoms with Crippen LogP contribution in [-0.2, 0) is 14.8 Å². The fourth-order valence-corrected chi connectivity index (χ4v) is 4.63. The Labute approximate surface area is 138 Å². The fourth-order valence-electron chi connectivity index (χ4n) is 3.27. The molecule has 1 aliphatic carbocycles. The number of hydrogen-bond donors (Lipinski definition) is 1. The minimum atomic E-state index is -3.46. The minimum Gasteiger partial charge on any atom is -0.379 e. The van der Waals surface area contributed by atoms with E-state index in [4.69, 9.17) is 4.74 Å². The predicted molar refractivity (Wildman–Crippen MR) is 88.9 cm³/mol. The van der Waals surface area contributed by atoms with Crippen LogP contribution in [0.5, 0.6) is 0 Å². The zero-order valence-corrected chi connectivity index (χ0v) is 14.4. The molecule has 0 amide bonds. The molecule has 2 aliphatic rings. The molecule has 1 N–H and O–H groups in total. The Morgan fingerprint density at radius 1 is 1.22 bits per heavy atom. The highest BCUT2D eigenvalue weighted by Crippen LogP contribution is 2.26. The molecule has 2 unspecified atom stereocenters. The van der Waals surface area contributed by atoms with E-state index in [9.17, 15) is 8.42 Å². The summed E-state index contributed by atoms with van der Waals surface area (Å²) in [6.07, 6.45) is 6.38. The Hall–Kier alpha value is -1.18. The van der Waals surface area contributed by atoms with Crippen LogP contribution in [0.3, 0.4) is 0 Å². The van der Waals surface area contributed by atoms with E-state index in [1.165, 1.54) is 29.8 Å². The molecule has 1 saturated heterocycles. The average Bonchev–Trinajstić information content (AvgIpc) is 2.58. The third kappa shape index (κ3) is 3.84. The van der Waals surface area contributed by atoms with Gasteiger partial charge in [-0.3, -0.25) is 0 Å². The van der Waals surface area contributed by atoms with Crippen LogP contribution in [0.1, 0.15) is 32.6 Å². The Bertz CT molecular complexity index is 612. The normalized spacial score (nSPS) is 26.8. The Morgan fingerprint density at radius 2 is 1.96 bits per heavy atom. The van der Waals surface area contributed by atoms with Crippen molar-refractivity contribution in [2.75, 3.05) is 31.6 Å². The topological polar surface area (TPSA) is 71.5 Å². The van der Waals surface area contributed by atoms with Gasteiger partial charge in [-0.2, -0.15) is 4.31 Å². The number of ether oxygens (including phenoxy) is 1. The van der Waals surface area contributed by atoms with E-state index in [1.807, 2.05) is 0 Å². The van der Waals surface area contributed by atoms with E-state index < -0.39 is 10.0 Å². The molecule has 2 fully saturated rings. The van der Waals surface area contributed by atoms with E-state index in [0.717, 1.165) is 12.2 Å². The van der Waals surface area contributed by atoms with Crippen LogP contribution in [0.2, 0.25) is 0 Å². The highest BCUT2D eigenvalue weighted by molar-refractivity contribution is 7.89. The number of morpholine rings is 1. The lowest BCUT2D eigenvalue weighted by molar-refractivity contribution is 0.0730. The summed E-state index contributed by atoms with van der Waals surface area (Å²) in [6.45, 7) is 3.97. The van der Waals surface area contributed by atoms with Crippen molar-refractivity contribution >= 4 is 15.8 Å². The van der Waals surface area contributed by atoms with Crippen LogP contribution in [-0.4, -0.2) is 50.1 Å². The second-order valence-corrected chi connectivity index (χ2v) is 8.35. The lowest BCUT2D eigenvalue weighted by atomic mass is 9.86. The quantitative estimate of drug-likeness (QED) is 0.909. The second kappa shape index (κ2) is 7.15. The number of aromatic nitrogens is 1. The SMILES string of the molecule is CC1CCCCC1Nc1ccc(S(=O)(=O)N2CCOCC2)cn1. The van der Waals surface area contributed by atoms with E-state index in [2.05, 4.69) is 17.2 Å². The van der Waals surface area contributed by atoms with Gasteiger partial charge in [0.1, 0.15) is 10.7 Å². The number of nitrogens with zero attached hydrogens (tertiary/aromatic N) is 2. The van der Waals surface area contributed by atoms with Gasteiger partial charge in [-0.1, -0.05) is 19.8 Å². The molecule has 2 heterocycles. The molecule has 7 heteroatoms.